The minimum Gasteiger partial charge on any atom is -0.472 e. The number of ether oxygens (including phenoxy) is 1. The van der Waals surface area contributed by atoms with Gasteiger partial charge in [-0.1, -0.05) is 17.3 Å². The zero-order valence-corrected chi connectivity index (χ0v) is 14.5. The third-order valence-electron chi connectivity index (χ3n) is 4.28. The van der Waals surface area contributed by atoms with Crippen LogP contribution in [0.1, 0.15) is 40.0 Å². The van der Waals surface area contributed by atoms with Gasteiger partial charge in [0, 0.05) is 18.7 Å². The number of hydrogen-bond acceptors (Lipinski definition) is 5. The monoisotopic (exact) mass is 367 g/mol. The number of carbonyl (C=O) groups is 1. The summed E-state index contributed by atoms with van der Waals surface area (Å²) in [5, 5.41) is 6.91. The van der Waals surface area contributed by atoms with Gasteiger partial charge in [-0.15, -0.1) is 0 Å². The molecule has 0 spiro atoms. The molecule has 0 atom stereocenters. The molecule has 4 rings (SSSR count). The molecule has 0 unspecified atom stereocenters. The molecule has 2 heterocycles. The molecule has 1 fully saturated rings. The predicted octanol–water partition coefficient (Wildman–Crippen LogP) is 3.27. The lowest BCUT2D eigenvalue weighted by molar-refractivity contribution is 0.0945. The van der Waals surface area contributed by atoms with Crippen LogP contribution < -0.4 is 10.1 Å². The van der Waals surface area contributed by atoms with Crippen molar-refractivity contribution in [3.63, 3.8) is 0 Å². The smallest absolute Gasteiger partial charge is 0.256 e. The lowest BCUT2D eigenvalue weighted by atomic mass is 10.1. The van der Waals surface area contributed by atoms with E-state index in [1.807, 2.05) is 6.07 Å². The number of pyridine rings is 1. The fourth-order valence-electron chi connectivity index (χ4n) is 2.70. The largest absolute Gasteiger partial charge is 0.472 e. The van der Waals surface area contributed by atoms with Crippen LogP contribution in [0.25, 0.3) is 0 Å². The maximum absolute atomic E-state index is 13.4. The van der Waals surface area contributed by atoms with E-state index in [-0.39, 0.29) is 30.3 Å². The normalized spacial score (nSPS) is 13.4. The Balaban J connectivity index is 1.45. The number of nitrogens with zero attached hydrogens (tertiary/aromatic N) is 2. The van der Waals surface area contributed by atoms with Gasteiger partial charge < -0.3 is 14.6 Å². The van der Waals surface area contributed by atoms with Crippen molar-refractivity contribution in [3.8, 4) is 5.88 Å². The molecule has 1 aromatic carbocycles. The third kappa shape index (κ3) is 4.31. The number of aromatic nitrogens is 2. The van der Waals surface area contributed by atoms with Crippen LogP contribution >= 0.6 is 0 Å². The summed E-state index contributed by atoms with van der Waals surface area (Å²) in [6.07, 6.45) is 5.49. The van der Waals surface area contributed by atoms with Gasteiger partial charge in [-0.05, 0) is 42.7 Å². The van der Waals surface area contributed by atoms with Gasteiger partial charge in [0.25, 0.3) is 5.91 Å². The number of rotatable bonds is 7. The lowest BCUT2D eigenvalue weighted by Crippen LogP contribution is -2.26. The third-order valence-corrected chi connectivity index (χ3v) is 4.28. The highest BCUT2D eigenvalue weighted by Gasteiger charge is 2.25. The summed E-state index contributed by atoms with van der Waals surface area (Å²) < 4.78 is 24.2. The van der Waals surface area contributed by atoms with E-state index in [4.69, 9.17) is 9.26 Å². The molecule has 0 radical (unpaired) electrons. The summed E-state index contributed by atoms with van der Waals surface area (Å²) in [7, 11) is 0. The van der Waals surface area contributed by atoms with Crippen molar-refractivity contribution in [2.75, 3.05) is 0 Å². The Hall–Kier alpha value is -3.22. The van der Waals surface area contributed by atoms with Crippen LogP contribution in [0.2, 0.25) is 0 Å². The van der Waals surface area contributed by atoms with Crippen molar-refractivity contribution in [2.24, 2.45) is 0 Å². The zero-order valence-electron chi connectivity index (χ0n) is 14.5. The van der Waals surface area contributed by atoms with Gasteiger partial charge in [-0.3, -0.25) is 4.79 Å². The molecule has 2 aromatic heterocycles. The second-order valence-corrected chi connectivity index (χ2v) is 6.49. The highest BCUT2D eigenvalue weighted by atomic mass is 19.1. The van der Waals surface area contributed by atoms with Crippen LogP contribution in [0.5, 0.6) is 5.88 Å². The Labute approximate surface area is 155 Å². The van der Waals surface area contributed by atoms with Gasteiger partial charge in [0.2, 0.25) is 5.88 Å². The second-order valence-electron chi connectivity index (χ2n) is 6.49. The van der Waals surface area contributed by atoms with E-state index >= 15 is 0 Å². The van der Waals surface area contributed by atoms with Crippen LogP contribution in [-0.2, 0) is 13.0 Å². The van der Waals surface area contributed by atoms with E-state index in [2.05, 4.69) is 15.5 Å². The highest BCUT2D eigenvalue weighted by Crippen LogP contribution is 2.22. The quantitative estimate of drug-likeness (QED) is 0.693. The van der Waals surface area contributed by atoms with E-state index in [9.17, 15) is 9.18 Å². The fraction of sp³-hybridized carbons (Fsp3) is 0.250. The van der Waals surface area contributed by atoms with E-state index < -0.39 is 0 Å². The molecule has 0 bridgehead atoms. The van der Waals surface area contributed by atoms with Crippen molar-refractivity contribution in [1.82, 2.24) is 15.5 Å². The Bertz CT molecular complexity index is 953. The SMILES string of the molecule is O=C(NC1CC1)c1cccnc1OCc1conc1Cc1cccc(F)c1. The fourth-order valence-corrected chi connectivity index (χ4v) is 2.70. The molecule has 1 aliphatic carbocycles. The average Bonchev–Trinajstić information content (AvgIpc) is 3.37. The van der Waals surface area contributed by atoms with Gasteiger partial charge in [-0.25, -0.2) is 9.37 Å². The lowest BCUT2D eigenvalue weighted by Gasteiger charge is -2.10. The molecule has 3 aromatic rings. The molecule has 27 heavy (non-hydrogen) atoms. The molecule has 138 valence electrons. The maximum atomic E-state index is 13.4. The molecule has 1 aliphatic rings. The molecule has 0 aliphatic heterocycles. The van der Waals surface area contributed by atoms with Crippen LogP contribution in [-0.4, -0.2) is 22.1 Å². The summed E-state index contributed by atoms with van der Waals surface area (Å²) in [4.78, 5) is 16.5. The van der Waals surface area contributed by atoms with Gasteiger partial charge in [0.05, 0.1) is 11.3 Å². The van der Waals surface area contributed by atoms with Gasteiger partial charge in [0.15, 0.2) is 0 Å². The van der Waals surface area contributed by atoms with Gasteiger partial charge in [0.1, 0.15) is 24.3 Å². The van der Waals surface area contributed by atoms with Crippen LogP contribution in [0, 0.1) is 5.82 Å². The average molecular weight is 367 g/mol. The minimum absolute atomic E-state index is 0.148. The van der Waals surface area contributed by atoms with Crippen molar-refractivity contribution in [2.45, 2.75) is 31.9 Å². The Morgan fingerprint density at radius 2 is 2.19 bits per heavy atom. The van der Waals surface area contributed by atoms with Gasteiger partial charge >= 0.3 is 0 Å². The number of amides is 1. The summed E-state index contributed by atoms with van der Waals surface area (Å²) in [5.74, 6) is -0.229. The standard InChI is InChI=1S/C20H18FN3O3/c21-15-4-1-3-13(9-15)10-18-14(12-27-24-18)11-26-20-17(5-2-8-22-20)19(25)23-16-6-7-16/h1-5,8-9,12,16H,6-7,10-11H2,(H,23,25). The molecule has 0 saturated heterocycles. The van der Waals surface area contributed by atoms with Crippen molar-refractivity contribution >= 4 is 5.91 Å². The Morgan fingerprint density at radius 1 is 1.30 bits per heavy atom. The molecule has 1 N–H and O–H groups in total. The number of benzene rings is 1. The Kier molecular flexibility index (Phi) is 4.82. The van der Waals surface area contributed by atoms with Crippen LogP contribution in [0.3, 0.4) is 0 Å². The summed E-state index contributed by atoms with van der Waals surface area (Å²) in [6, 6.07) is 9.96. The molecular formula is C20H18FN3O3. The number of carbonyl (C=O) groups excluding carboxylic acids is 1. The minimum atomic E-state index is -0.298. The first-order valence-corrected chi connectivity index (χ1v) is 8.74. The highest BCUT2D eigenvalue weighted by molar-refractivity contribution is 5.96. The number of nitrogens with one attached hydrogen (secondary N) is 1. The van der Waals surface area contributed by atoms with Crippen molar-refractivity contribution in [1.29, 1.82) is 0 Å². The molecule has 7 heteroatoms. The first-order valence-electron chi connectivity index (χ1n) is 8.74. The van der Waals surface area contributed by atoms with Gasteiger partial charge in [-0.2, -0.15) is 0 Å². The van der Waals surface area contributed by atoms with Crippen molar-refractivity contribution < 1.29 is 18.4 Å². The summed E-state index contributed by atoms with van der Waals surface area (Å²) >= 11 is 0. The molecule has 1 amide bonds. The van der Waals surface area contributed by atoms with Crippen LogP contribution in [0.4, 0.5) is 4.39 Å². The topological polar surface area (TPSA) is 77.2 Å². The second kappa shape index (κ2) is 7.57. The zero-order chi connectivity index (χ0) is 18.6. The maximum Gasteiger partial charge on any atom is 0.256 e. The molecular weight excluding hydrogens is 349 g/mol. The van der Waals surface area contributed by atoms with Crippen LogP contribution in [0.15, 0.2) is 53.4 Å². The predicted molar refractivity (Wildman–Crippen MR) is 94.8 cm³/mol. The molecule has 1 saturated carbocycles. The molecule has 6 nitrogen and oxygen atoms in total. The van der Waals surface area contributed by atoms with E-state index in [0.717, 1.165) is 24.0 Å². The number of halogens is 1. The van der Waals surface area contributed by atoms with E-state index in [1.54, 1.807) is 24.4 Å². The van der Waals surface area contributed by atoms with E-state index in [1.165, 1.54) is 18.4 Å². The first kappa shape index (κ1) is 17.2. The summed E-state index contributed by atoms with van der Waals surface area (Å²) in [5.41, 5.74) is 2.55. The summed E-state index contributed by atoms with van der Waals surface area (Å²) in [6.45, 7) is 0.148. The van der Waals surface area contributed by atoms with Crippen molar-refractivity contribution in [3.05, 3.63) is 77.1 Å². The van der Waals surface area contributed by atoms with E-state index in [0.29, 0.717) is 17.7 Å². The number of hydrogen-bond donors (Lipinski definition) is 1. The first-order chi connectivity index (χ1) is 13.2. The Morgan fingerprint density at radius 3 is 3.00 bits per heavy atom.